The number of aliphatic imine (C=N–C) groups is 1. The molecule has 0 radical (unpaired) electrons. The van der Waals surface area contributed by atoms with Crippen molar-refractivity contribution in [1.29, 1.82) is 0 Å². The van der Waals surface area contributed by atoms with Gasteiger partial charge >= 0.3 is 11.9 Å². The number of nitrogens with one attached hydrogen (secondary N) is 4. The molecule has 4 atom stereocenters. The number of H-pyrrole nitrogens is 1. The van der Waals surface area contributed by atoms with Gasteiger partial charge in [0.2, 0.25) is 23.6 Å². The minimum atomic E-state index is -1.65. The first-order valence-electron chi connectivity index (χ1n) is 11.7. The molecule has 216 valence electrons. The highest BCUT2D eigenvalue weighted by atomic mass is 16.4. The van der Waals surface area contributed by atoms with Gasteiger partial charge in [0.1, 0.15) is 18.1 Å². The van der Waals surface area contributed by atoms with Gasteiger partial charge in [-0.3, -0.25) is 29.0 Å². The number of carboxylic acids is 2. The Morgan fingerprint density at radius 3 is 2.08 bits per heavy atom. The van der Waals surface area contributed by atoms with E-state index in [1.54, 1.807) is 0 Å². The molecular weight excluding hydrogens is 520 g/mol. The highest BCUT2D eigenvalue weighted by Gasteiger charge is 2.31. The molecule has 0 saturated heterocycles. The summed E-state index contributed by atoms with van der Waals surface area (Å²) in [5, 5.41) is 25.2. The SMILES string of the molecule is NC(=O)CC(NC(=O)C(CCCN=C(N)N)NC(=O)C(Cc1cnc[nH]1)NC(=O)C(N)CCC(=O)O)C(=O)O. The summed E-state index contributed by atoms with van der Waals surface area (Å²) in [6.07, 6.45) is 1.51. The Kier molecular flexibility index (Phi) is 13.4. The van der Waals surface area contributed by atoms with Gasteiger partial charge in [0.15, 0.2) is 5.96 Å². The third-order valence-electron chi connectivity index (χ3n) is 5.22. The number of carbonyl (C=O) groups excluding carboxylic acids is 4. The van der Waals surface area contributed by atoms with Crippen molar-refractivity contribution >= 4 is 41.5 Å². The number of hydrogen-bond acceptors (Lipinski definition) is 9. The second kappa shape index (κ2) is 16.2. The van der Waals surface area contributed by atoms with Gasteiger partial charge in [0.25, 0.3) is 0 Å². The molecule has 0 spiro atoms. The molecule has 4 amide bonds. The molecule has 18 nitrogen and oxygen atoms in total. The minimum absolute atomic E-state index is 0.0554. The largest absolute Gasteiger partial charge is 0.481 e. The fourth-order valence-electron chi connectivity index (χ4n) is 3.23. The molecule has 1 aromatic heterocycles. The summed E-state index contributed by atoms with van der Waals surface area (Å²) in [5.74, 6) is -6.44. The zero-order valence-electron chi connectivity index (χ0n) is 21.0. The Morgan fingerprint density at radius 2 is 1.54 bits per heavy atom. The Hall–Kier alpha value is -4.74. The Labute approximate surface area is 222 Å². The number of rotatable bonds is 18. The van der Waals surface area contributed by atoms with Crippen LogP contribution in [0, 0.1) is 0 Å². The molecular formula is C21H34N10O8. The van der Waals surface area contributed by atoms with Gasteiger partial charge in [-0.05, 0) is 19.3 Å². The van der Waals surface area contributed by atoms with E-state index in [2.05, 4.69) is 30.9 Å². The lowest BCUT2D eigenvalue weighted by Gasteiger charge is -2.25. The van der Waals surface area contributed by atoms with E-state index in [0.717, 1.165) is 0 Å². The molecule has 0 bridgehead atoms. The lowest BCUT2D eigenvalue weighted by molar-refractivity contribution is -0.144. The predicted molar refractivity (Wildman–Crippen MR) is 134 cm³/mol. The van der Waals surface area contributed by atoms with Crippen molar-refractivity contribution in [2.24, 2.45) is 27.9 Å². The zero-order valence-corrected chi connectivity index (χ0v) is 21.0. The van der Waals surface area contributed by atoms with Crippen LogP contribution in [0.3, 0.4) is 0 Å². The maximum Gasteiger partial charge on any atom is 0.326 e. The normalized spacial score (nSPS) is 13.7. The van der Waals surface area contributed by atoms with Gasteiger partial charge in [-0.15, -0.1) is 0 Å². The molecule has 0 fully saturated rings. The number of imidazole rings is 1. The predicted octanol–water partition coefficient (Wildman–Crippen LogP) is -4.39. The number of hydrogen-bond donors (Lipinski definition) is 10. The summed E-state index contributed by atoms with van der Waals surface area (Å²) < 4.78 is 0. The Morgan fingerprint density at radius 1 is 0.923 bits per heavy atom. The zero-order chi connectivity index (χ0) is 29.5. The molecule has 4 unspecified atom stereocenters. The monoisotopic (exact) mass is 554 g/mol. The first-order chi connectivity index (χ1) is 18.3. The third kappa shape index (κ3) is 12.9. The number of primary amides is 1. The van der Waals surface area contributed by atoms with Gasteiger partial charge < -0.3 is 54.1 Å². The molecule has 1 rings (SSSR count). The third-order valence-corrected chi connectivity index (χ3v) is 5.22. The summed E-state index contributed by atoms with van der Waals surface area (Å²) in [4.78, 5) is 82.5. The second-order valence-corrected chi connectivity index (χ2v) is 8.46. The quantitative estimate of drug-likeness (QED) is 0.0467. The summed E-state index contributed by atoms with van der Waals surface area (Å²) in [6, 6.07) is -5.51. The summed E-state index contributed by atoms with van der Waals surface area (Å²) in [5.41, 5.74) is 21.8. The fourth-order valence-corrected chi connectivity index (χ4v) is 3.23. The van der Waals surface area contributed by atoms with E-state index in [1.165, 1.54) is 12.5 Å². The number of nitrogens with zero attached hydrogens (tertiary/aromatic N) is 2. The highest BCUT2D eigenvalue weighted by Crippen LogP contribution is 2.06. The first-order valence-corrected chi connectivity index (χ1v) is 11.7. The van der Waals surface area contributed by atoms with Crippen LogP contribution in [0.4, 0.5) is 0 Å². The standard InChI is InChI=1S/C21H34N10O8/c22-11(3-4-16(33)34)17(35)30-13(6-10-8-26-9-28-10)19(37)29-12(2-1-5-27-21(24)25)18(36)31-14(20(38)39)7-15(23)32/h8-9,11-14H,1-7,22H2,(H2,23,32)(H,26,28)(H,29,37)(H,30,35)(H,31,36)(H,33,34)(H,38,39)(H4,24,25,27). The van der Waals surface area contributed by atoms with Crippen LogP contribution in [-0.2, 0) is 35.2 Å². The number of nitrogens with two attached hydrogens (primary N) is 4. The second-order valence-electron chi connectivity index (χ2n) is 8.46. The average molecular weight is 555 g/mol. The van der Waals surface area contributed by atoms with Gasteiger partial charge in [0, 0.05) is 31.3 Å². The number of aromatic nitrogens is 2. The van der Waals surface area contributed by atoms with Crippen molar-refractivity contribution in [3.8, 4) is 0 Å². The van der Waals surface area contributed by atoms with E-state index in [0.29, 0.717) is 5.69 Å². The van der Waals surface area contributed by atoms with E-state index in [4.69, 9.17) is 28.0 Å². The van der Waals surface area contributed by atoms with E-state index in [-0.39, 0.29) is 44.6 Å². The van der Waals surface area contributed by atoms with E-state index in [1.807, 2.05) is 0 Å². The number of guanidine groups is 1. The van der Waals surface area contributed by atoms with Crippen LogP contribution in [-0.4, -0.2) is 92.4 Å². The van der Waals surface area contributed by atoms with Crippen molar-refractivity contribution in [1.82, 2.24) is 25.9 Å². The van der Waals surface area contributed by atoms with Gasteiger partial charge in [-0.25, -0.2) is 9.78 Å². The number of amides is 4. The van der Waals surface area contributed by atoms with Crippen LogP contribution >= 0.6 is 0 Å². The van der Waals surface area contributed by atoms with Crippen molar-refractivity contribution < 1.29 is 39.0 Å². The van der Waals surface area contributed by atoms with Crippen LogP contribution in [0.2, 0.25) is 0 Å². The maximum absolute atomic E-state index is 13.2. The van der Waals surface area contributed by atoms with Crippen LogP contribution in [0.25, 0.3) is 0 Å². The molecule has 0 saturated carbocycles. The van der Waals surface area contributed by atoms with Crippen LogP contribution in [0.1, 0.15) is 37.8 Å². The van der Waals surface area contributed by atoms with Gasteiger partial charge in [-0.1, -0.05) is 0 Å². The van der Waals surface area contributed by atoms with Crippen molar-refractivity contribution in [2.75, 3.05) is 6.54 Å². The number of carboxylic acid groups (broad SMARTS) is 2. The van der Waals surface area contributed by atoms with Gasteiger partial charge in [0.05, 0.1) is 18.8 Å². The summed E-state index contributed by atoms with van der Waals surface area (Å²) in [7, 11) is 0. The van der Waals surface area contributed by atoms with Crippen LogP contribution < -0.4 is 38.9 Å². The smallest absolute Gasteiger partial charge is 0.326 e. The van der Waals surface area contributed by atoms with Crippen molar-refractivity contribution in [3.05, 3.63) is 18.2 Å². The van der Waals surface area contributed by atoms with Crippen LogP contribution in [0.15, 0.2) is 17.5 Å². The number of carbonyl (C=O) groups is 6. The van der Waals surface area contributed by atoms with E-state index < -0.39 is 66.2 Å². The molecule has 0 aliphatic heterocycles. The topological polar surface area (TPSA) is 324 Å². The molecule has 1 heterocycles. The van der Waals surface area contributed by atoms with Gasteiger partial charge in [-0.2, -0.15) is 0 Å². The molecule has 39 heavy (non-hydrogen) atoms. The molecule has 0 aromatic carbocycles. The fraction of sp³-hybridized carbons (Fsp3) is 0.524. The summed E-state index contributed by atoms with van der Waals surface area (Å²) >= 11 is 0. The lowest BCUT2D eigenvalue weighted by Crippen LogP contribution is -2.57. The number of aromatic amines is 1. The average Bonchev–Trinajstić information content (AvgIpc) is 3.35. The molecule has 1 aromatic rings. The minimum Gasteiger partial charge on any atom is -0.481 e. The van der Waals surface area contributed by atoms with Crippen molar-refractivity contribution in [2.45, 2.75) is 62.7 Å². The molecule has 18 heteroatoms. The summed E-state index contributed by atoms with van der Waals surface area (Å²) in [6.45, 7) is 0.0817. The van der Waals surface area contributed by atoms with Crippen LogP contribution in [0.5, 0.6) is 0 Å². The maximum atomic E-state index is 13.2. The molecule has 14 N–H and O–H groups in total. The lowest BCUT2D eigenvalue weighted by atomic mass is 10.1. The number of aliphatic carboxylic acids is 2. The van der Waals surface area contributed by atoms with E-state index >= 15 is 0 Å². The Bertz CT molecular complexity index is 1040. The highest BCUT2D eigenvalue weighted by molar-refractivity contribution is 5.95. The van der Waals surface area contributed by atoms with E-state index in [9.17, 15) is 33.9 Å². The Balaban J connectivity index is 3.10. The van der Waals surface area contributed by atoms with Crippen molar-refractivity contribution in [3.63, 3.8) is 0 Å². The molecule has 0 aliphatic rings. The first kappa shape index (κ1) is 32.3. The molecule has 0 aliphatic carbocycles.